The van der Waals surface area contributed by atoms with Gasteiger partial charge >= 0.3 is 5.97 Å². The predicted octanol–water partition coefficient (Wildman–Crippen LogP) is 4.25. The van der Waals surface area contributed by atoms with Crippen LogP contribution in [0.25, 0.3) is 5.69 Å². The molecule has 0 atom stereocenters. The molecule has 0 aliphatic rings. The van der Waals surface area contributed by atoms with Crippen molar-refractivity contribution in [1.82, 2.24) is 14.8 Å². The first-order valence-electron chi connectivity index (χ1n) is 8.67. The van der Waals surface area contributed by atoms with E-state index in [4.69, 9.17) is 21.1 Å². The van der Waals surface area contributed by atoms with Crippen molar-refractivity contribution in [3.63, 3.8) is 0 Å². The molecule has 0 aliphatic heterocycles. The molecule has 0 saturated heterocycles. The fourth-order valence-electron chi connectivity index (χ4n) is 2.35. The molecule has 1 aromatic heterocycles. The Kier molecular flexibility index (Phi) is 6.95. The lowest BCUT2D eigenvalue weighted by Crippen LogP contribution is -2.14. The minimum absolute atomic E-state index is 0.128. The van der Waals surface area contributed by atoms with Crippen molar-refractivity contribution in [3.8, 4) is 11.4 Å². The number of rotatable bonds is 8. The van der Waals surface area contributed by atoms with Crippen LogP contribution in [0.5, 0.6) is 5.75 Å². The second-order valence-corrected chi connectivity index (χ2v) is 7.44. The van der Waals surface area contributed by atoms with Gasteiger partial charge in [0.25, 0.3) is 0 Å². The third-order valence-electron chi connectivity index (χ3n) is 3.91. The first-order chi connectivity index (χ1) is 13.5. The van der Waals surface area contributed by atoms with Crippen LogP contribution in [0.15, 0.2) is 53.9 Å². The Bertz CT molecular complexity index is 944. The smallest absolute Gasteiger partial charge is 0.316 e. The second kappa shape index (κ2) is 9.61. The monoisotopic (exact) mass is 417 g/mol. The summed E-state index contributed by atoms with van der Waals surface area (Å²) >= 11 is 7.44. The molecule has 0 spiro atoms. The molecular weight excluding hydrogens is 398 g/mol. The van der Waals surface area contributed by atoms with Crippen molar-refractivity contribution in [2.24, 2.45) is 0 Å². The van der Waals surface area contributed by atoms with Crippen molar-refractivity contribution in [1.29, 1.82) is 0 Å². The van der Waals surface area contributed by atoms with Gasteiger partial charge in [0.15, 0.2) is 5.16 Å². The molecular formula is C20H20ClN3O3S. The van der Waals surface area contributed by atoms with E-state index in [0.717, 1.165) is 22.6 Å². The number of aromatic nitrogens is 3. The number of hydrogen-bond donors (Lipinski definition) is 0. The summed E-state index contributed by atoms with van der Waals surface area (Å²) in [6.07, 6.45) is 1.59. The number of thioether (sulfide) groups is 1. The Morgan fingerprint density at radius 2 is 1.93 bits per heavy atom. The number of aryl methyl sites for hydroxylation is 2. The average Bonchev–Trinajstić information content (AvgIpc) is 3.16. The van der Waals surface area contributed by atoms with E-state index in [1.165, 1.54) is 11.8 Å². The fourth-order valence-corrected chi connectivity index (χ4v) is 3.25. The largest absolute Gasteiger partial charge is 0.490 e. The number of carbonyl (C=O) groups is 1. The molecule has 1 heterocycles. The number of nitrogens with zero attached hydrogens (tertiary/aromatic N) is 3. The highest BCUT2D eigenvalue weighted by molar-refractivity contribution is 7.99. The van der Waals surface area contributed by atoms with Gasteiger partial charge in [-0.2, -0.15) is 0 Å². The van der Waals surface area contributed by atoms with E-state index in [1.807, 2.05) is 56.3 Å². The van der Waals surface area contributed by atoms with Crippen LogP contribution in [0.3, 0.4) is 0 Å². The number of esters is 1. The normalized spacial score (nSPS) is 10.7. The van der Waals surface area contributed by atoms with E-state index >= 15 is 0 Å². The second-order valence-electron chi connectivity index (χ2n) is 6.09. The third kappa shape index (κ3) is 5.50. The number of ether oxygens (including phenoxy) is 2. The van der Waals surface area contributed by atoms with Crippen LogP contribution in [0.2, 0.25) is 5.02 Å². The number of benzene rings is 2. The van der Waals surface area contributed by atoms with Gasteiger partial charge < -0.3 is 9.47 Å². The number of hydrogen-bond acceptors (Lipinski definition) is 6. The third-order valence-corrected chi connectivity index (χ3v) is 5.23. The maximum atomic E-state index is 12.0. The van der Waals surface area contributed by atoms with Crippen LogP contribution in [-0.4, -0.2) is 39.7 Å². The summed E-state index contributed by atoms with van der Waals surface area (Å²) < 4.78 is 12.5. The Hall–Kier alpha value is -2.51. The van der Waals surface area contributed by atoms with Crippen molar-refractivity contribution < 1.29 is 14.3 Å². The zero-order valence-electron chi connectivity index (χ0n) is 15.6. The summed E-state index contributed by atoms with van der Waals surface area (Å²) in [5.74, 6) is 0.540. The lowest BCUT2D eigenvalue weighted by atomic mass is 10.2. The highest BCUT2D eigenvalue weighted by Crippen LogP contribution is 2.23. The van der Waals surface area contributed by atoms with E-state index in [9.17, 15) is 4.79 Å². The maximum absolute atomic E-state index is 12.0. The highest BCUT2D eigenvalue weighted by atomic mass is 35.5. The van der Waals surface area contributed by atoms with Gasteiger partial charge in [-0.3, -0.25) is 9.36 Å². The molecule has 0 aliphatic carbocycles. The maximum Gasteiger partial charge on any atom is 0.316 e. The topological polar surface area (TPSA) is 66.2 Å². The Balaban J connectivity index is 1.45. The Labute approximate surface area is 172 Å². The van der Waals surface area contributed by atoms with E-state index in [-0.39, 0.29) is 18.3 Å². The molecule has 146 valence electrons. The van der Waals surface area contributed by atoms with Crippen LogP contribution in [0.1, 0.15) is 11.1 Å². The van der Waals surface area contributed by atoms with Gasteiger partial charge in [0.1, 0.15) is 25.3 Å². The summed E-state index contributed by atoms with van der Waals surface area (Å²) in [7, 11) is 0. The van der Waals surface area contributed by atoms with Gasteiger partial charge in [-0.25, -0.2) is 0 Å². The Morgan fingerprint density at radius 3 is 2.68 bits per heavy atom. The molecule has 3 aromatic rings. The van der Waals surface area contributed by atoms with Crippen molar-refractivity contribution in [3.05, 3.63) is 64.9 Å². The van der Waals surface area contributed by atoms with Gasteiger partial charge in [0.2, 0.25) is 0 Å². The molecule has 2 aromatic carbocycles. The predicted molar refractivity (Wildman–Crippen MR) is 109 cm³/mol. The molecule has 0 unspecified atom stereocenters. The number of halogens is 1. The van der Waals surface area contributed by atoms with Crippen molar-refractivity contribution in [2.75, 3.05) is 19.0 Å². The molecule has 0 amide bonds. The van der Waals surface area contributed by atoms with Gasteiger partial charge in [-0.1, -0.05) is 47.1 Å². The van der Waals surface area contributed by atoms with Crippen LogP contribution < -0.4 is 4.74 Å². The first kappa shape index (κ1) is 20.2. The molecule has 0 fully saturated rings. The summed E-state index contributed by atoms with van der Waals surface area (Å²) in [6.45, 7) is 4.44. The number of carbonyl (C=O) groups excluding carboxylic acids is 1. The quantitative estimate of drug-likeness (QED) is 0.310. The molecule has 3 rings (SSSR count). The summed E-state index contributed by atoms with van der Waals surface area (Å²) in [5, 5.41) is 9.23. The van der Waals surface area contributed by atoms with E-state index in [0.29, 0.717) is 16.8 Å². The Morgan fingerprint density at radius 1 is 1.14 bits per heavy atom. The summed E-state index contributed by atoms with van der Waals surface area (Å²) in [4.78, 5) is 12.0. The van der Waals surface area contributed by atoms with Gasteiger partial charge in [-0.15, -0.1) is 10.2 Å². The van der Waals surface area contributed by atoms with E-state index < -0.39 is 0 Å². The first-order valence-corrected chi connectivity index (χ1v) is 10.0. The van der Waals surface area contributed by atoms with Crippen LogP contribution in [0, 0.1) is 13.8 Å². The van der Waals surface area contributed by atoms with Gasteiger partial charge in [0, 0.05) is 5.02 Å². The van der Waals surface area contributed by atoms with Crippen LogP contribution in [0.4, 0.5) is 0 Å². The zero-order valence-corrected chi connectivity index (χ0v) is 17.2. The van der Waals surface area contributed by atoms with Crippen LogP contribution >= 0.6 is 23.4 Å². The summed E-state index contributed by atoms with van der Waals surface area (Å²) in [5.41, 5.74) is 2.99. The minimum atomic E-state index is -0.339. The average molecular weight is 418 g/mol. The van der Waals surface area contributed by atoms with Crippen molar-refractivity contribution in [2.45, 2.75) is 19.0 Å². The lowest BCUT2D eigenvalue weighted by Gasteiger charge is -2.09. The molecule has 8 heteroatoms. The SMILES string of the molecule is Cc1ccc(OCCOC(=O)CSc2nncn2-c2ccc(C)c(Cl)c2)cc1. The summed E-state index contributed by atoms with van der Waals surface area (Å²) in [6, 6.07) is 13.4. The van der Waals surface area contributed by atoms with E-state index in [2.05, 4.69) is 10.2 Å². The molecule has 6 nitrogen and oxygen atoms in total. The molecule has 28 heavy (non-hydrogen) atoms. The zero-order chi connectivity index (χ0) is 19.9. The van der Waals surface area contributed by atoms with Gasteiger partial charge in [0.05, 0.1) is 11.4 Å². The molecule has 0 saturated carbocycles. The fraction of sp³-hybridized carbons (Fsp3) is 0.250. The highest BCUT2D eigenvalue weighted by Gasteiger charge is 2.12. The van der Waals surface area contributed by atoms with Crippen molar-refractivity contribution >= 4 is 29.3 Å². The molecule has 0 bridgehead atoms. The van der Waals surface area contributed by atoms with Gasteiger partial charge in [-0.05, 0) is 43.7 Å². The minimum Gasteiger partial charge on any atom is -0.490 e. The molecule has 0 radical (unpaired) electrons. The van der Waals surface area contributed by atoms with Crippen LogP contribution in [-0.2, 0) is 9.53 Å². The molecule has 0 N–H and O–H groups in total. The standard InChI is InChI=1S/C20H20ClN3O3S/c1-14-3-7-17(8-4-14)26-9-10-27-19(25)12-28-20-23-22-13-24(20)16-6-5-15(2)18(21)11-16/h3-8,11,13H,9-10,12H2,1-2H3. The van der Waals surface area contributed by atoms with E-state index in [1.54, 1.807) is 10.9 Å². The lowest BCUT2D eigenvalue weighted by molar-refractivity contribution is -0.141.